The second-order valence-corrected chi connectivity index (χ2v) is 3.62. The van der Waals surface area contributed by atoms with Gasteiger partial charge in [0, 0.05) is 0 Å². The zero-order chi connectivity index (χ0) is 10.8. The molecule has 15 heavy (non-hydrogen) atoms. The lowest BCUT2D eigenvalue weighted by Gasteiger charge is -1.94. The van der Waals surface area contributed by atoms with Crippen LogP contribution in [0.25, 0.3) is 5.65 Å². The fraction of sp³-hybridized carbons (Fsp3) is 0.222. The van der Waals surface area contributed by atoms with Crippen molar-refractivity contribution in [3.8, 4) is 0 Å². The van der Waals surface area contributed by atoms with E-state index in [1.165, 1.54) is 10.7 Å². The normalized spacial score (nSPS) is 10.5. The van der Waals surface area contributed by atoms with E-state index >= 15 is 0 Å². The fourth-order valence-electron chi connectivity index (χ4n) is 1.16. The molecule has 0 saturated carbocycles. The number of rotatable bonds is 2. The van der Waals surface area contributed by atoms with Crippen LogP contribution in [0.2, 0.25) is 0 Å². The number of aromatic nitrogens is 3. The maximum Gasteiger partial charge on any atom is 0.358 e. The largest absolute Gasteiger partial charge is 0.461 e. The van der Waals surface area contributed by atoms with E-state index in [1.54, 1.807) is 19.1 Å². The second kappa shape index (κ2) is 3.98. The van der Waals surface area contributed by atoms with Crippen molar-refractivity contribution in [2.75, 3.05) is 6.61 Å². The summed E-state index contributed by atoms with van der Waals surface area (Å²) in [5.74, 6) is -0.431. The molecule has 0 fully saturated rings. The monoisotopic (exact) mass is 269 g/mol. The summed E-state index contributed by atoms with van der Waals surface area (Å²) in [5.41, 5.74) is 0.878. The lowest BCUT2D eigenvalue weighted by Crippen LogP contribution is -2.04. The van der Waals surface area contributed by atoms with Gasteiger partial charge in [-0.2, -0.15) is 5.10 Å². The number of imidazole rings is 1. The summed E-state index contributed by atoms with van der Waals surface area (Å²) in [5, 5.41) is 4.10. The molecule has 2 heterocycles. The summed E-state index contributed by atoms with van der Waals surface area (Å²) in [4.78, 5) is 15.4. The van der Waals surface area contributed by atoms with Gasteiger partial charge in [-0.3, -0.25) is 0 Å². The predicted molar refractivity (Wildman–Crippen MR) is 56.6 cm³/mol. The van der Waals surface area contributed by atoms with E-state index in [-0.39, 0.29) is 5.69 Å². The Balaban J connectivity index is 2.42. The number of halogens is 1. The molecular formula is C9H8BrN3O2. The first-order chi connectivity index (χ1) is 7.20. The number of nitrogens with zero attached hydrogens (tertiary/aromatic N) is 3. The first kappa shape index (κ1) is 10.1. The van der Waals surface area contributed by atoms with Crippen LogP contribution in [0.1, 0.15) is 17.4 Å². The first-order valence-electron chi connectivity index (χ1n) is 4.39. The Hall–Kier alpha value is -1.43. The molecular weight excluding hydrogens is 262 g/mol. The Kier molecular flexibility index (Phi) is 2.68. The molecule has 0 aliphatic carbocycles. The van der Waals surface area contributed by atoms with Gasteiger partial charge < -0.3 is 4.74 Å². The number of esters is 1. The molecule has 0 radical (unpaired) electrons. The number of carbonyl (C=O) groups excluding carboxylic acids is 1. The van der Waals surface area contributed by atoms with Gasteiger partial charge in [0.25, 0.3) is 0 Å². The molecule has 0 saturated heterocycles. The zero-order valence-electron chi connectivity index (χ0n) is 7.98. The van der Waals surface area contributed by atoms with Gasteiger partial charge in [-0.05, 0) is 35.0 Å². The van der Waals surface area contributed by atoms with Crippen LogP contribution in [0, 0.1) is 0 Å². The van der Waals surface area contributed by atoms with E-state index in [1.807, 2.05) is 0 Å². The van der Waals surface area contributed by atoms with Gasteiger partial charge in [0.2, 0.25) is 0 Å². The summed E-state index contributed by atoms with van der Waals surface area (Å²) in [6.45, 7) is 2.09. The Labute approximate surface area is 94.2 Å². The highest BCUT2D eigenvalue weighted by Crippen LogP contribution is 2.09. The lowest BCUT2D eigenvalue weighted by molar-refractivity contribution is 0.0520. The van der Waals surface area contributed by atoms with E-state index in [0.29, 0.717) is 16.9 Å². The molecule has 0 aliphatic rings. The number of ether oxygens (including phenoxy) is 1. The molecule has 2 aromatic heterocycles. The highest BCUT2D eigenvalue weighted by atomic mass is 79.9. The average Bonchev–Trinajstić information content (AvgIpc) is 2.60. The maximum atomic E-state index is 11.4. The third kappa shape index (κ3) is 1.99. The van der Waals surface area contributed by atoms with Crippen molar-refractivity contribution in [1.82, 2.24) is 14.6 Å². The Morgan fingerprint density at radius 3 is 3.13 bits per heavy atom. The van der Waals surface area contributed by atoms with E-state index in [2.05, 4.69) is 26.0 Å². The molecule has 2 aromatic rings. The number of hydrogen-bond donors (Lipinski definition) is 0. The summed E-state index contributed by atoms with van der Waals surface area (Å²) < 4.78 is 7.04. The molecule has 0 N–H and O–H groups in total. The van der Waals surface area contributed by atoms with Crippen molar-refractivity contribution >= 4 is 27.5 Å². The van der Waals surface area contributed by atoms with Crippen molar-refractivity contribution in [2.45, 2.75) is 6.92 Å². The molecule has 0 unspecified atom stereocenters. The van der Waals surface area contributed by atoms with Gasteiger partial charge in [-0.15, -0.1) is 0 Å². The molecule has 78 valence electrons. The molecule has 0 spiro atoms. The topological polar surface area (TPSA) is 56.5 Å². The second-order valence-electron chi connectivity index (χ2n) is 2.81. The van der Waals surface area contributed by atoms with Gasteiger partial charge in [0.1, 0.15) is 4.60 Å². The minimum atomic E-state index is -0.431. The third-order valence-electron chi connectivity index (χ3n) is 1.77. The maximum absolute atomic E-state index is 11.4. The zero-order valence-corrected chi connectivity index (χ0v) is 9.56. The van der Waals surface area contributed by atoms with Crippen LogP contribution in [0.5, 0.6) is 0 Å². The fourth-order valence-corrected chi connectivity index (χ4v) is 1.47. The highest BCUT2D eigenvalue weighted by molar-refractivity contribution is 9.10. The molecule has 2 rings (SSSR count). The Bertz CT molecular complexity index is 509. The summed E-state index contributed by atoms with van der Waals surface area (Å²) in [7, 11) is 0. The molecule has 6 heteroatoms. The minimum absolute atomic E-state index is 0.266. The summed E-state index contributed by atoms with van der Waals surface area (Å²) in [6.07, 6.45) is 1.54. The standard InChI is InChI=1S/C9H8BrN3O2/c1-2-15-9(14)6-5-13-8(11-6)4-3-7(10)12-13/h3-5H,2H2,1H3. The van der Waals surface area contributed by atoms with Gasteiger partial charge in [0.15, 0.2) is 11.3 Å². The van der Waals surface area contributed by atoms with Crippen LogP contribution in [0.15, 0.2) is 22.9 Å². The summed E-state index contributed by atoms with van der Waals surface area (Å²) in [6, 6.07) is 3.52. The van der Waals surface area contributed by atoms with Crippen molar-refractivity contribution in [3.63, 3.8) is 0 Å². The third-order valence-corrected chi connectivity index (χ3v) is 2.20. The number of hydrogen-bond acceptors (Lipinski definition) is 4. The van der Waals surface area contributed by atoms with Gasteiger partial charge in [0.05, 0.1) is 12.8 Å². The quantitative estimate of drug-likeness (QED) is 0.779. The van der Waals surface area contributed by atoms with Gasteiger partial charge >= 0.3 is 5.97 Å². The van der Waals surface area contributed by atoms with Gasteiger partial charge in [-0.25, -0.2) is 14.3 Å². The molecule has 0 aliphatic heterocycles. The average molecular weight is 270 g/mol. The SMILES string of the molecule is CCOC(=O)c1cn2nc(Br)ccc2n1. The van der Waals surface area contributed by atoms with Crippen molar-refractivity contribution in [3.05, 3.63) is 28.6 Å². The van der Waals surface area contributed by atoms with E-state index in [4.69, 9.17) is 4.74 Å². The van der Waals surface area contributed by atoms with E-state index in [0.717, 1.165) is 0 Å². The van der Waals surface area contributed by atoms with Crippen molar-refractivity contribution < 1.29 is 9.53 Å². The van der Waals surface area contributed by atoms with Crippen LogP contribution in [-0.2, 0) is 4.74 Å². The molecule has 0 aromatic carbocycles. The number of fused-ring (bicyclic) bond motifs is 1. The van der Waals surface area contributed by atoms with Crippen LogP contribution in [-0.4, -0.2) is 27.2 Å². The molecule has 0 bridgehead atoms. The molecule has 5 nitrogen and oxygen atoms in total. The smallest absolute Gasteiger partial charge is 0.358 e. The predicted octanol–water partition coefficient (Wildman–Crippen LogP) is 1.67. The Morgan fingerprint density at radius 1 is 1.60 bits per heavy atom. The van der Waals surface area contributed by atoms with Gasteiger partial charge in [-0.1, -0.05) is 0 Å². The minimum Gasteiger partial charge on any atom is -0.461 e. The highest BCUT2D eigenvalue weighted by Gasteiger charge is 2.11. The lowest BCUT2D eigenvalue weighted by atomic mass is 10.5. The van der Waals surface area contributed by atoms with Crippen LogP contribution in [0.4, 0.5) is 0 Å². The van der Waals surface area contributed by atoms with E-state index in [9.17, 15) is 4.79 Å². The van der Waals surface area contributed by atoms with Crippen molar-refractivity contribution in [1.29, 1.82) is 0 Å². The molecule has 0 atom stereocenters. The van der Waals surface area contributed by atoms with Crippen LogP contribution in [0.3, 0.4) is 0 Å². The molecule has 0 amide bonds. The summed E-state index contributed by atoms with van der Waals surface area (Å²) >= 11 is 3.23. The number of carbonyl (C=O) groups is 1. The van der Waals surface area contributed by atoms with E-state index < -0.39 is 5.97 Å². The van der Waals surface area contributed by atoms with Crippen LogP contribution < -0.4 is 0 Å². The van der Waals surface area contributed by atoms with Crippen molar-refractivity contribution in [2.24, 2.45) is 0 Å². The Morgan fingerprint density at radius 2 is 2.40 bits per heavy atom. The van der Waals surface area contributed by atoms with Crippen LogP contribution >= 0.6 is 15.9 Å². The first-order valence-corrected chi connectivity index (χ1v) is 5.19.